The number of rotatable bonds is 5. The van der Waals surface area contributed by atoms with Gasteiger partial charge in [-0.2, -0.15) is 0 Å². The van der Waals surface area contributed by atoms with Crippen molar-refractivity contribution in [1.29, 1.82) is 0 Å². The third kappa shape index (κ3) is 3.99. The van der Waals surface area contributed by atoms with E-state index >= 15 is 0 Å². The number of nitrogens with one attached hydrogen (secondary N) is 2. The first-order chi connectivity index (χ1) is 10.4. The van der Waals surface area contributed by atoms with Gasteiger partial charge in [0.25, 0.3) is 0 Å². The van der Waals surface area contributed by atoms with Crippen molar-refractivity contribution in [2.75, 3.05) is 30.9 Å². The number of hydrogen-bond donors (Lipinski definition) is 3. The minimum absolute atomic E-state index is 0.142. The summed E-state index contributed by atoms with van der Waals surface area (Å²) >= 11 is 1.46. The van der Waals surface area contributed by atoms with Crippen LogP contribution in [0.4, 0.5) is 16.2 Å². The smallest absolute Gasteiger partial charge is 0.319 e. The molecule has 2 rings (SSSR count). The fourth-order valence-electron chi connectivity index (χ4n) is 2.06. The van der Waals surface area contributed by atoms with Gasteiger partial charge >= 0.3 is 6.03 Å². The molecule has 1 atom stereocenters. The second-order valence-electron chi connectivity index (χ2n) is 5.47. The molecule has 0 fully saturated rings. The van der Waals surface area contributed by atoms with Crippen LogP contribution in [0.1, 0.15) is 11.8 Å². The average molecular weight is 319 g/mol. The normalized spacial score (nSPS) is 13.3. The molecule has 1 aromatic heterocycles. The van der Waals surface area contributed by atoms with Crippen molar-refractivity contribution < 1.29 is 9.90 Å². The van der Waals surface area contributed by atoms with E-state index in [9.17, 15) is 9.90 Å². The lowest BCUT2D eigenvalue weighted by atomic mass is 10.1. The van der Waals surface area contributed by atoms with Gasteiger partial charge in [-0.15, -0.1) is 11.3 Å². The maximum absolute atomic E-state index is 12.1. The highest BCUT2D eigenvalue weighted by atomic mass is 32.1. The number of carbonyl (C=O) groups is 1. The van der Waals surface area contributed by atoms with Gasteiger partial charge in [-0.05, 0) is 30.5 Å². The lowest BCUT2D eigenvalue weighted by Gasteiger charge is -2.23. The zero-order valence-corrected chi connectivity index (χ0v) is 13.8. The molecule has 0 bridgehead atoms. The molecule has 0 radical (unpaired) electrons. The number of anilines is 2. The van der Waals surface area contributed by atoms with E-state index in [2.05, 4.69) is 10.6 Å². The monoisotopic (exact) mass is 319 g/mol. The molecule has 22 heavy (non-hydrogen) atoms. The number of hydrogen-bond acceptors (Lipinski definition) is 4. The Labute approximate surface area is 134 Å². The van der Waals surface area contributed by atoms with Crippen molar-refractivity contribution in [3.8, 4) is 0 Å². The predicted molar refractivity (Wildman–Crippen MR) is 91.7 cm³/mol. The lowest BCUT2D eigenvalue weighted by molar-refractivity contribution is 0.0637. The van der Waals surface area contributed by atoms with Crippen molar-refractivity contribution in [3.05, 3.63) is 46.7 Å². The standard InChI is InChI=1S/C16H21N3O2S/c1-16(21,14-9-6-10-22-14)11-17-15(20)18-12-7-4-5-8-13(12)19(2)3/h4-10,21H,11H2,1-3H3,(H2,17,18,20). The molecule has 0 saturated carbocycles. The molecule has 6 heteroatoms. The zero-order chi connectivity index (χ0) is 16.2. The molecular formula is C16H21N3O2S. The van der Waals surface area contributed by atoms with Crippen LogP contribution >= 0.6 is 11.3 Å². The Morgan fingerprint density at radius 2 is 2.00 bits per heavy atom. The summed E-state index contributed by atoms with van der Waals surface area (Å²) in [5.41, 5.74) is 0.565. The fraction of sp³-hybridized carbons (Fsp3) is 0.312. The van der Waals surface area contributed by atoms with Gasteiger partial charge in [0, 0.05) is 19.0 Å². The largest absolute Gasteiger partial charge is 0.383 e. The van der Waals surface area contributed by atoms with Crippen molar-refractivity contribution in [2.45, 2.75) is 12.5 Å². The number of thiophene rings is 1. The van der Waals surface area contributed by atoms with E-state index in [-0.39, 0.29) is 12.6 Å². The van der Waals surface area contributed by atoms with Gasteiger partial charge in [0.15, 0.2) is 0 Å². The number of aliphatic hydroxyl groups is 1. The molecule has 0 aliphatic heterocycles. The number of urea groups is 1. The molecule has 118 valence electrons. The summed E-state index contributed by atoms with van der Waals surface area (Å²) in [7, 11) is 3.83. The van der Waals surface area contributed by atoms with Crippen LogP contribution < -0.4 is 15.5 Å². The van der Waals surface area contributed by atoms with E-state index in [1.807, 2.05) is 60.8 Å². The molecule has 2 aromatic rings. The summed E-state index contributed by atoms with van der Waals surface area (Å²) in [6, 6.07) is 10.9. The van der Waals surface area contributed by atoms with E-state index < -0.39 is 5.60 Å². The third-order valence-corrected chi connectivity index (χ3v) is 4.40. The Kier molecular flexibility index (Phi) is 5.05. The number of para-hydroxylation sites is 2. The van der Waals surface area contributed by atoms with E-state index in [0.717, 1.165) is 16.3 Å². The number of benzene rings is 1. The first-order valence-electron chi connectivity index (χ1n) is 6.98. The molecule has 0 saturated heterocycles. The summed E-state index contributed by atoms with van der Waals surface area (Å²) in [6.07, 6.45) is 0. The minimum atomic E-state index is -1.08. The number of carbonyl (C=O) groups excluding carboxylic acids is 1. The Morgan fingerprint density at radius 1 is 1.27 bits per heavy atom. The van der Waals surface area contributed by atoms with Crippen LogP contribution in [0.3, 0.4) is 0 Å². The predicted octanol–water partition coefficient (Wildman–Crippen LogP) is 2.84. The first kappa shape index (κ1) is 16.3. The van der Waals surface area contributed by atoms with E-state index in [4.69, 9.17) is 0 Å². The van der Waals surface area contributed by atoms with Gasteiger partial charge in [0.1, 0.15) is 5.60 Å². The highest BCUT2D eigenvalue weighted by molar-refractivity contribution is 7.10. The van der Waals surface area contributed by atoms with Gasteiger partial charge in [-0.25, -0.2) is 4.79 Å². The Balaban J connectivity index is 1.97. The number of nitrogens with zero attached hydrogens (tertiary/aromatic N) is 1. The van der Waals surface area contributed by atoms with Crippen molar-refractivity contribution >= 4 is 28.7 Å². The van der Waals surface area contributed by atoms with Gasteiger partial charge in [0.05, 0.1) is 17.9 Å². The summed E-state index contributed by atoms with van der Waals surface area (Å²) < 4.78 is 0. The van der Waals surface area contributed by atoms with Gasteiger partial charge in [-0.1, -0.05) is 18.2 Å². The van der Waals surface area contributed by atoms with Crippen LogP contribution in [0.2, 0.25) is 0 Å². The van der Waals surface area contributed by atoms with Crippen LogP contribution in [-0.4, -0.2) is 31.8 Å². The summed E-state index contributed by atoms with van der Waals surface area (Å²) in [4.78, 5) is 14.8. The molecule has 1 aromatic carbocycles. The Hall–Kier alpha value is -2.05. The summed E-state index contributed by atoms with van der Waals surface area (Å²) in [6.45, 7) is 1.83. The van der Waals surface area contributed by atoms with E-state index in [1.54, 1.807) is 6.92 Å². The third-order valence-electron chi connectivity index (χ3n) is 3.28. The Bertz CT molecular complexity index is 624. The van der Waals surface area contributed by atoms with Crippen molar-refractivity contribution in [3.63, 3.8) is 0 Å². The second-order valence-corrected chi connectivity index (χ2v) is 6.42. The van der Waals surface area contributed by atoms with Crippen LogP contribution in [0, 0.1) is 0 Å². The molecule has 1 heterocycles. The molecule has 5 nitrogen and oxygen atoms in total. The quantitative estimate of drug-likeness (QED) is 0.794. The second kappa shape index (κ2) is 6.81. The van der Waals surface area contributed by atoms with Gasteiger partial charge in [0.2, 0.25) is 0 Å². The molecule has 1 unspecified atom stereocenters. The maximum Gasteiger partial charge on any atom is 0.319 e. The molecular weight excluding hydrogens is 298 g/mol. The average Bonchev–Trinajstić information content (AvgIpc) is 3.01. The topological polar surface area (TPSA) is 64.6 Å². The molecule has 3 N–H and O–H groups in total. The van der Waals surface area contributed by atoms with Crippen molar-refractivity contribution in [2.24, 2.45) is 0 Å². The molecule has 0 aliphatic carbocycles. The highest BCUT2D eigenvalue weighted by Gasteiger charge is 2.24. The molecule has 2 amide bonds. The first-order valence-corrected chi connectivity index (χ1v) is 7.86. The van der Waals surface area contributed by atoms with E-state index in [0.29, 0.717) is 0 Å². The van der Waals surface area contributed by atoms with Crippen LogP contribution in [0.25, 0.3) is 0 Å². The number of amides is 2. The summed E-state index contributed by atoms with van der Waals surface area (Å²) in [5.74, 6) is 0. The molecule has 0 aliphatic rings. The summed E-state index contributed by atoms with van der Waals surface area (Å²) in [5, 5.41) is 17.8. The van der Waals surface area contributed by atoms with Gasteiger partial charge in [-0.3, -0.25) is 0 Å². The van der Waals surface area contributed by atoms with Crippen molar-refractivity contribution in [1.82, 2.24) is 5.32 Å². The Morgan fingerprint density at radius 3 is 2.64 bits per heavy atom. The van der Waals surface area contributed by atoms with Crippen LogP contribution in [0.5, 0.6) is 0 Å². The van der Waals surface area contributed by atoms with Crippen LogP contribution in [0.15, 0.2) is 41.8 Å². The zero-order valence-electron chi connectivity index (χ0n) is 13.0. The molecule has 0 spiro atoms. The van der Waals surface area contributed by atoms with E-state index in [1.165, 1.54) is 11.3 Å². The SMILES string of the molecule is CN(C)c1ccccc1NC(=O)NCC(C)(O)c1cccs1. The van der Waals surface area contributed by atoms with Gasteiger partial charge < -0.3 is 20.6 Å². The van der Waals surface area contributed by atoms with Crippen LogP contribution in [-0.2, 0) is 5.60 Å². The highest BCUT2D eigenvalue weighted by Crippen LogP contribution is 2.25. The minimum Gasteiger partial charge on any atom is -0.383 e. The maximum atomic E-state index is 12.1. The lowest BCUT2D eigenvalue weighted by Crippen LogP contribution is -2.40. The fourth-order valence-corrected chi connectivity index (χ4v) is 2.85.